The highest BCUT2D eigenvalue weighted by atomic mass is 35.5. The molecule has 0 saturated carbocycles. The van der Waals surface area contributed by atoms with Crippen molar-refractivity contribution < 1.29 is 9.53 Å². The lowest BCUT2D eigenvalue weighted by Gasteiger charge is -2.13. The predicted octanol–water partition coefficient (Wildman–Crippen LogP) is 3.49. The standard InChI is InChI=1S/C15H15ClN2O2/c1-9-8-10(16)6-7-12(9)18-15(19)14-11(17)4-3-5-13(14)20-2/h3-8H,17H2,1-2H3,(H,18,19). The Hall–Kier alpha value is -2.20. The summed E-state index contributed by atoms with van der Waals surface area (Å²) in [6.07, 6.45) is 0. The summed E-state index contributed by atoms with van der Waals surface area (Å²) in [5, 5.41) is 3.43. The van der Waals surface area contributed by atoms with Crippen LogP contribution in [-0.2, 0) is 0 Å². The predicted molar refractivity (Wildman–Crippen MR) is 81.5 cm³/mol. The highest BCUT2D eigenvalue weighted by Gasteiger charge is 2.16. The molecule has 0 fully saturated rings. The van der Waals surface area contributed by atoms with Gasteiger partial charge in [-0.25, -0.2) is 0 Å². The molecular weight excluding hydrogens is 276 g/mol. The summed E-state index contributed by atoms with van der Waals surface area (Å²) in [7, 11) is 1.50. The zero-order valence-corrected chi connectivity index (χ0v) is 12.0. The lowest BCUT2D eigenvalue weighted by atomic mass is 10.1. The Morgan fingerprint density at radius 2 is 2.05 bits per heavy atom. The van der Waals surface area contributed by atoms with Crippen molar-refractivity contribution in [2.75, 3.05) is 18.2 Å². The van der Waals surface area contributed by atoms with Crippen molar-refractivity contribution in [3.8, 4) is 5.75 Å². The smallest absolute Gasteiger partial charge is 0.261 e. The topological polar surface area (TPSA) is 64.3 Å². The normalized spacial score (nSPS) is 10.2. The van der Waals surface area contributed by atoms with E-state index in [1.54, 1.807) is 36.4 Å². The minimum absolute atomic E-state index is 0.314. The van der Waals surface area contributed by atoms with Gasteiger partial charge in [0.15, 0.2) is 0 Å². The van der Waals surface area contributed by atoms with Gasteiger partial charge in [0.05, 0.1) is 7.11 Å². The number of carbonyl (C=O) groups excluding carboxylic acids is 1. The van der Waals surface area contributed by atoms with E-state index >= 15 is 0 Å². The molecule has 0 atom stereocenters. The Bertz CT molecular complexity index is 656. The Kier molecular flexibility index (Phi) is 4.15. The SMILES string of the molecule is COc1cccc(N)c1C(=O)Nc1ccc(Cl)cc1C. The van der Waals surface area contributed by atoms with Gasteiger partial charge in [-0.3, -0.25) is 4.79 Å². The van der Waals surface area contributed by atoms with Crippen molar-refractivity contribution in [1.82, 2.24) is 0 Å². The lowest BCUT2D eigenvalue weighted by Crippen LogP contribution is -2.16. The average Bonchev–Trinajstić information content (AvgIpc) is 2.41. The van der Waals surface area contributed by atoms with Gasteiger partial charge in [-0.1, -0.05) is 17.7 Å². The van der Waals surface area contributed by atoms with Crippen LogP contribution in [-0.4, -0.2) is 13.0 Å². The molecule has 0 aliphatic carbocycles. The second-order valence-corrected chi connectivity index (χ2v) is 4.77. The van der Waals surface area contributed by atoms with Crippen LogP contribution in [0.1, 0.15) is 15.9 Å². The van der Waals surface area contributed by atoms with Crippen molar-refractivity contribution in [3.63, 3.8) is 0 Å². The fourth-order valence-electron chi connectivity index (χ4n) is 1.91. The first kappa shape index (κ1) is 14.2. The van der Waals surface area contributed by atoms with E-state index < -0.39 is 0 Å². The number of benzene rings is 2. The molecule has 2 rings (SSSR count). The van der Waals surface area contributed by atoms with E-state index in [-0.39, 0.29) is 5.91 Å². The number of nitrogens with two attached hydrogens (primary N) is 1. The maximum atomic E-state index is 12.3. The van der Waals surface area contributed by atoms with Crippen molar-refractivity contribution in [2.45, 2.75) is 6.92 Å². The van der Waals surface area contributed by atoms with Gasteiger partial charge in [-0.05, 0) is 42.8 Å². The van der Waals surface area contributed by atoms with Gasteiger partial charge in [0.1, 0.15) is 11.3 Å². The number of nitrogens with one attached hydrogen (secondary N) is 1. The van der Waals surface area contributed by atoms with E-state index in [9.17, 15) is 4.79 Å². The molecule has 0 saturated heterocycles. The van der Waals surface area contributed by atoms with E-state index in [4.69, 9.17) is 22.1 Å². The van der Waals surface area contributed by atoms with Crippen LogP contribution in [0.3, 0.4) is 0 Å². The Labute approximate surface area is 122 Å². The van der Waals surface area contributed by atoms with Crippen LogP contribution in [0.25, 0.3) is 0 Å². The van der Waals surface area contributed by atoms with E-state index in [1.165, 1.54) is 7.11 Å². The average molecular weight is 291 g/mol. The van der Waals surface area contributed by atoms with Crippen LogP contribution in [0.4, 0.5) is 11.4 Å². The van der Waals surface area contributed by atoms with Crippen LogP contribution in [0.5, 0.6) is 5.75 Å². The van der Waals surface area contributed by atoms with Crippen molar-refractivity contribution in [1.29, 1.82) is 0 Å². The van der Waals surface area contributed by atoms with Crippen LogP contribution < -0.4 is 15.8 Å². The number of nitrogen functional groups attached to an aromatic ring is 1. The summed E-state index contributed by atoms with van der Waals surface area (Å²) in [4.78, 5) is 12.3. The molecule has 3 N–H and O–H groups in total. The minimum atomic E-state index is -0.314. The number of methoxy groups -OCH3 is 1. The molecule has 2 aromatic rings. The molecular formula is C15H15ClN2O2. The summed E-state index contributed by atoms with van der Waals surface area (Å²) in [5.74, 6) is 0.125. The number of ether oxygens (including phenoxy) is 1. The molecule has 2 aromatic carbocycles. The quantitative estimate of drug-likeness (QED) is 0.851. The van der Waals surface area contributed by atoms with Crippen molar-refractivity contribution in [2.24, 2.45) is 0 Å². The monoisotopic (exact) mass is 290 g/mol. The number of rotatable bonds is 3. The molecule has 0 radical (unpaired) electrons. The third-order valence-electron chi connectivity index (χ3n) is 2.94. The van der Waals surface area contributed by atoms with Gasteiger partial charge in [0.2, 0.25) is 0 Å². The molecule has 5 heteroatoms. The van der Waals surface area contributed by atoms with Crippen LogP contribution in [0.2, 0.25) is 5.02 Å². The number of hydrogen-bond donors (Lipinski definition) is 2. The zero-order chi connectivity index (χ0) is 14.7. The molecule has 0 bridgehead atoms. The fraction of sp³-hybridized carbons (Fsp3) is 0.133. The number of amides is 1. The van der Waals surface area contributed by atoms with Crippen molar-refractivity contribution >= 4 is 28.9 Å². The molecule has 0 unspecified atom stereocenters. The molecule has 4 nitrogen and oxygen atoms in total. The fourth-order valence-corrected chi connectivity index (χ4v) is 2.14. The number of halogens is 1. The third-order valence-corrected chi connectivity index (χ3v) is 3.18. The van der Waals surface area contributed by atoms with Crippen LogP contribution >= 0.6 is 11.6 Å². The molecule has 1 amide bonds. The van der Waals surface area contributed by atoms with E-state index in [0.717, 1.165) is 5.56 Å². The maximum Gasteiger partial charge on any atom is 0.261 e. The van der Waals surface area contributed by atoms with Crippen molar-refractivity contribution in [3.05, 3.63) is 52.5 Å². The first-order valence-corrected chi connectivity index (χ1v) is 6.40. The molecule has 0 aromatic heterocycles. The largest absolute Gasteiger partial charge is 0.496 e. The van der Waals surface area contributed by atoms with Gasteiger partial charge in [0, 0.05) is 16.4 Å². The summed E-state index contributed by atoms with van der Waals surface area (Å²) in [6.45, 7) is 1.87. The number of carbonyl (C=O) groups is 1. The van der Waals surface area contributed by atoms with Gasteiger partial charge in [-0.15, -0.1) is 0 Å². The molecule has 0 spiro atoms. The zero-order valence-electron chi connectivity index (χ0n) is 11.2. The van der Waals surface area contributed by atoms with Gasteiger partial charge in [0.25, 0.3) is 5.91 Å². The summed E-state index contributed by atoms with van der Waals surface area (Å²) in [5.41, 5.74) is 8.10. The van der Waals surface area contributed by atoms with E-state index in [0.29, 0.717) is 27.7 Å². The van der Waals surface area contributed by atoms with Crippen LogP contribution in [0, 0.1) is 6.92 Å². The first-order chi connectivity index (χ1) is 9.52. The minimum Gasteiger partial charge on any atom is -0.496 e. The second-order valence-electron chi connectivity index (χ2n) is 4.34. The molecule has 104 valence electrons. The Morgan fingerprint density at radius 1 is 1.30 bits per heavy atom. The first-order valence-electron chi connectivity index (χ1n) is 6.03. The second kappa shape index (κ2) is 5.84. The highest BCUT2D eigenvalue weighted by Crippen LogP contribution is 2.26. The van der Waals surface area contributed by atoms with Gasteiger partial charge >= 0.3 is 0 Å². The molecule has 20 heavy (non-hydrogen) atoms. The van der Waals surface area contributed by atoms with Crippen LogP contribution in [0.15, 0.2) is 36.4 Å². The molecule has 0 heterocycles. The Morgan fingerprint density at radius 3 is 2.70 bits per heavy atom. The van der Waals surface area contributed by atoms with Gasteiger partial charge in [-0.2, -0.15) is 0 Å². The van der Waals surface area contributed by atoms with Gasteiger partial charge < -0.3 is 15.8 Å². The third kappa shape index (κ3) is 2.86. The molecule has 0 aliphatic rings. The number of anilines is 2. The van der Waals surface area contributed by atoms with E-state index in [2.05, 4.69) is 5.32 Å². The summed E-state index contributed by atoms with van der Waals surface area (Å²) in [6, 6.07) is 10.3. The number of hydrogen-bond acceptors (Lipinski definition) is 3. The maximum absolute atomic E-state index is 12.3. The highest BCUT2D eigenvalue weighted by molar-refractivity contribution is 6.30. The molecule has 0 aliphatic heterocycles. The number of aryl methyl sites for hydroxylation is 1. The Balaban J connectivity index is 2.33. The summed E-state index contributed by atoms with van der Waals surface area (Å²) < 4.78 is 5.17. The summed E-state index contributed by atoms with van der Waals surface area (Å²) >= 11 is 5.89. The van der Waals surface area contributed by atoms with E-state index in [1.807, 2.05) is 6.92 Å². The lowest BCUT2D eigenvalue weighted by molar-refractivity contribution is 0.102.